The summed E-state index contributed by atoms with van der Waals surface area (Å²) in [5.41, 5.74) is 11.2. The molecule has 0 bridgehead atoms. The number of aryl methyl sites for hydroxylation is 3. The molecule has 2 N–H and O–H groups in total. The summed E-state index contributed by atoms with van der Waals surface area (Å²) >= 11 is 0. The van der Waals surface area contributed by atoms with Gasteiger partial charge in [-0.05, 0) is 87.1 Å². The maximum absolute atomic E-state index is 13.8. The molecule has 1 fully saturated rings. The van der Waals surface area contributed by atoms with Crippen molar-refractivity contribution in [2.75, 3.05) is 20.3 Å². The third-order valence-electron chi connectivity index (χ3n) is 9.01. The van der Waals surface area contributed by atoms with Crippen LogP contribution < -0.4 is 20.8 Å². The molecule has 1 amide bonds. The van der Waals surface area contributed by atoms with Crippen LogP contribution in [0, 0.1) is 13.8 Å². The van der Waals surface area contributed by atoms with E-state index < -0.39 is 5.66 Å². The van der Waals surface area contributed by atoms with E-state index in [9.17, 15) is 9.59 Å². The molecule has 2 atom stereocenters. The normalized spacial score (nSPS) is 18.2. The minimum Gasteiger partial charge on any atom is -0.496 e. The monoisotopic (exact) mass is 593 g/mol. The summed E-state index contributed by atoms with van der Waals surface area (Å²) in [6, 6.07) is 15.3. The van der Waals surface area contributed by atoms with E-state index >= 15 is 0 Å². The highest BCUT2D eigenvalue weighted by atomic mass is 16.5. The van der Waals surface area contributed by atoms with E-state index in [1.807, 2.05) is 38.1 Å². The Morgan fingerprint density at radius 2 is 1.89 bits per heavy atom. The molecule has 3 aromatic carbocycles. The number of aromatic nitrogens is 2. The number of amides is 1. The Morgan fingerprint density at radius 1 is 1.07 bits per heavy atom. The summed E-state index contributed by atoms with van der Waals surface area (Å²) in [4.78, 5) is 38.3. The van der Waals surface area contributed by atoms with Gasteiger partial charge >= 0.3 is 0 Å². The lowest BCUT2D eigenvalue weighted by Gasteiger charge is -2.30. The molecule has 2 unspecified atom stereocenters. The lowest BCUT2D eigenvalue weighted by molar-refractivity contribution is 0.0701. The van der Waals surface area contributed by atoms with Gasteiger partial charge in [-0.15, -0.1) is 0 Å². The predicted molar refractivity (Wildman–Crippen MR) is 173 cm³/mol. The summed E-state index contributed by atoms with van der Waals surface area (Å²) in [6.07, 6.45) is 4.92. The summed E-state index contributed by atoms with van der Waals surface area (Å²) in [7, 11) is 1.60. The number of benzene rings is 3. The van der Waals surface area contributed by atoms with E-state index in [-0.39, 0.29) is 17.4 Å². The first-order chi connectivity index (χ1) is 21.2. The van der Waals surface area contributed by atoms with E-state index in [1.54, 1.807) is 34.9 Å². The molecule has 1 saturated heterocycles. The van der Waals surface area contributed by atoms with Crippen LogP contribution in [0.5, 0.6) is 11.5 Å². The Balaban J connectivity index is 1.31. The van der Waals surface area contributed by atoms with Gasteiger partial charge in [-0.2, -0.15) is 0 Å². The Morgan fingerprint density at radius 3 is 2.61 bits per heavy atom. The van der Waals surface area contributed by atoms with Crippen molar-refractivity contribution in [1.82, 2.24) is 14.5 Å². The second kappa shape index (κ2) is 11.5. The highest BCUT2D eigenvalue weighted by molar-refractivity contribution is 6.04. The molecule has 3 heterocycles. The van der Waals surface area contributed by atoms with E-state index in [2.05, 4.69) is 31.0 Å². The van der Waals surface area contributed by atoms with Crippen LogP contribution in [0.25, 0.3) is 16.6 Å². The van der Waals surface area contributed by atoms with Crippen LogP contribution in [0.1, 0.15) is 71.9 Å². The van der Waals surface area contributed by atoms with Crippen LogP contribution in [0.4, 0.5) is 5.69 Å². The van der Waals surface area contributed by atoms with Gasteiger partial charge in [0.1, 0.15) is 23.0 Å². The maximum atomic E-state index is 13.8. The zero-order valence-corrected chi connectivity index (χ0v) is 26.0. The number of hydrogen-bond acceptors (Lipinski definition) is 7. The molecule has 0 aliphatic carbocycles. The molecule has 0 radical (unpaired) electrons. The van der Waals surface area contributed by atoms with Crippen LogP contribution in [0.15, 0.2) is 58.3 Å². The molecular formula is C35H39N5O4. The first-order valence-electron chi connectivity index (χ1n) is 15.3. The van der Waals surface area contributed by atoms with E-state index in [0.29, 0.717) is 59.0 Å². The molecule has 2 aliphatic rings. The molecule has 6 rings (SSSR count). The van der Waals surface area contributed by atoms with Crippen molar-refractivity contribution in [3.63, 3.8) is 0 Å². The number of aliphatic imine (C=N–C) groups is 1. The Kier molecular flexibility index (Phi) is 7.75. The van der Waals surface area contributed by atoms with Crippen LogP contribution in [-0.4, -0.2) is 52.5 Å². The fourth-order valence-corrected chi connectivity index (χ4v) is 6.44. The zero-order chi connectivity index (χ0) is 31.2. The summed E-state index contributed by atoms with van der Waals surface area (Å²) in [5.74, 6) is 1.63. The van der Waals surface area contributed by atoms with E-state index in [4.69, 9.17) is 20.2 Å². The van der Waals surface area contributed by atoms with Crippen LogP contribution in [-0.2, 0) is 6.42 Å². The van der Waals surface area contributed by atoms with Crippen molar-refractivity contribution in [1.29, 1.82) is 0 Å². The number of ether oxygens (including phenoxy) is 2. The Labute approximate surface area is 257 Å². The molecule has 228 valence electrons. The molecular weight excluding hydrogens is 554 g/mol. The predicted octanol–water partition coefficient (Wildman–Crippen LogP) is 5.75. The minimum atomic E-state index is -0.865. The fraction of sp³-hybridized carbons (Fsp3) is 0.371. The quantitative estimate of drug-likeness (QED) is 0.278. The SMILES string of the molecule is CCc1ccc(-n2c(C)nc3ccc(OCC(CC)c4cc5c(cc4OC)C(=O)N4CCCC4(N)C=N5)cc3c2=O)c(C)c1. The second-order valence-corrected chi connectivity index (χ2v) is 11.8. The lowest BCUT2D eigenvalue weighted by Crippen LogP contribution is -2.54. The van der Waals surface area contributed by atoms with Crippen LogP contribution in [0.2, 0.25) is 0 Å². The Hall–Kier alpha value is -4.50. The third kappa shape index (κ3) is 5.05. The largest absolute Gasteiger partial charge is 0.496 e. The third-order valence-corrected chi connectivity index (χ3v) is 9.01. The number of rotatable bonds is 8. The first kappa shape index (κ1) is 29.6. The van der Waals surface area contributed by atoms with Gasteiger partial charge in [0.25, 0.3) is 11.5 Å². The first-order valence-corrected chi connectivity index (χ1v) is 15.3. The van der Waals surface area contributed by atoms with Gasteiger partial charge in [-0.1, -0.05) is 26.0 Å². The molecule has 0 spiro atoms. The van der Waals surface area contributed by atoms with Crippen molar-refractivity contribution < 1.29 is 14.3 Å². The Bertz CT molecular complexity index is 1860. The van der Waals surface area contributed by atoms with Gasteiger partial charge in [-0.25, -0.2) is 4.98 Å². The van der Waals surface area contributed by atoms with Crippen LogP contribution >= 0.6 is 0 Å². The highest BCUT2D eigenvalue weighted by Crippen LogP contribution is 2.39. The summed E-state index contributed by atoms with van der Waals surface area (Å²) in [5, 5.41) is 0.492. The molecule has 9 nitrogen and oxygen atoms in total. The van der Waals surface area contributed by atoms with Crippen LogP contribution in [0.3, 0.4) is 0 Å². The van der Waals surface area contributed by atoms with Crippen molar-refractivity contribution in [2.24, 2.45) is 10.7 Å². The number of carbonyl (C=O) groups excluding carboxylic acids is 1. The maximum Gasteiger partial charge on any atom is 0.266 e. The van der Waals surface area contributed by atoms with Crippen molar-refractivity contribution in [3.8, 4) is 17.2 Å². The zero-order valence-electron chi connectivity index (χ0n) is 26.0. The van der Waals surface area contributed by atoms with Gasteiger partial charge in [0.2, 0.25) is 0 Å². The number of nitrogens with two attached hydrogens (primary N) is 1. The number of carbonyl (C=O) groups is 1. The van der Waals surface area contributed by atoms with E-state index in [1.165, 1.54) is 5.56 Å². The number of nitrogens with zero attached hydrogens (tertiary/aromatic N) is 4. The average molecular weight is 594 g/mol. The number of methoxy groups -OCH3 is 1. The second-order valence-electron chi connectivity index (χ2n) is 11.8. The van der Waals surface area contributed by atoms with Gasteiger partial charge in [0, 0.05) is 24.2 Å². The number of fused-ring (bicyclic) bond motifs is 3. The molecule has 1 aromatic heterocycles. The van der Waals surface area contributed by atoms with Gasteiger partial charge < -0.3 is 20.1 Å². The van der Waals surface area contributed by atoms with Crippen molar-refractivity contribution in [2.45, 2.75) is 65.0 Å². The average Bonchev–Trinajstić information content (AvgIpc) is 3.38. The van der Waals surface area contributed by atoms with E-state index in [0.717, 1.165) is 36.1 Å². The molecule has 4 aromatic rings. The molecule has 0 saturated carbocycles. The molecule has 2 aliphatic heterocycles. The molecule has 44 heavy (non-hydrogen) atoms. The van der Waals surface area contributed by atoms with Gasteiger partial charge in [0.05, 0.1) is 41.6 Å². The summed E-state index contributed by atoms with van der Waals surface area (Å²) in [6.45, 7) is 9.01. The standard InChI is InChI=1S/C35H39N5O4/c1-6-23-9-12-31(21(3)15-23)40-22(4)38-29-11-10-25(16-27(29)34(40)42)44-19-24(7-2)26-17-30-28(18-32(26)43-5)33(41)39-14-8-13-35(39,36)20-37-30/h9-12,15-18,20,24H,6-8,13-14,19,36H2,1-5H3. The lowest BCUT2D eigenvalue weighted by atomic mass is 9.93. The fourth-order valence-electron chi connectivity index (χ4n) is 6.44. The van der Waals surface area contributed by atoms with Crippen molar-refractivity contribution >= 4 is 28.7 Å². The van der Waals surface area contributed by atoms with Gasteiger partial charge in [-0.3, -0.25) is 19.1 Å². The highest BCUT2D eigenvalue weighted by Gasteiger charge is 2.42. The van der Waals surface area contributed by atoms with Gasteiger partial charge in [0.15, 0.2) is 0 Å². The topological polar surface area (TPSA) is 112 Å². The van der Waals surface area contributed by atoms with Crippen molar-refractivity contribution in [3.05, 3.63) is 87.0 Å². The number of hydrogen-bond donors (Lipinski definition) is 1. The minimum absolute atomic E-state index is 0.0568. The summed E-state index contributed by atoms with van der Waals surface area (Å²) < 4.78 is 13.8. The molecule has 9 heteroatoms. The smallest absolute Gasteiger partial charge is 0.266 e.